The number of thioether (sulfide) groups is 1. The van der Waals surface area contributed by atoms with Crippen molar-refractivity contribution in [3.8, 4) is 0 Å². The van der Waals surface area contributed by atoms with Crippen LogP contribution >= 0.6 is 23.4 Å². The van der Waals surface area contributed by atoms with Gasteiger partial charge in [-0.05, 0) is 30.5 Å². The smallest absolute Gasteiger partial charge is 0.306 e. The summed E-state index contributed by atoms with van der Waals surface area (Å²) in [4.78, 5) is 22.3. The first-order valence-corrected chi connectivity index (χ1v) is 7.92. The van der Waals surface area contributed by atoms with Gasteiger partial charge in [-0.15, -0.1) is 11.8 Å². The lowest BCUT2D eigenvalue weighted by atomic mass is 9.80. The molecule has 2 N–H and O–H groups in total. The number of carboxylic acid groups (broad SMARTS) is 1. The van der Waals surface area contributed by atoms with Crippen LogP contribution in [-0.4, -0.2) is 28.8 Å². The number of amides is 1. The maximum atomic E-state index is 11.7. The van der Waals surface area contributed by atoms with Gasteiger partial charge >= 0.3 is 5.97 Å². The fourth-order valence-corrected chi connectivity index (χ4v) is 2.97. The molecule has 0 unspecified atom stereocenters. The van der Waals surface area contributed by atoms with Crippen molar-refractivity contribution in [2.75, 3.05) is 5.75 Å². The molecule has 108 valence electrons. The van der Waals surface area contributed by atoms with Crippen molar-refractivity contribution in [3.63, 3.8) is 0 Å². The molecule has 0 spiro atoms. The summed E-state index contributed by atoms with van der Waals surface area (Å²) in [5.74, 6) is 0.0524. The minimum atomic E-state index is -0.771. The molecule has 6 heteroatoms. The Bertz CT molecular complexity index is 486. The third-order valence-corrected chi connectivity index (χ3v) is 4.52. The van der Waals surface area contributed by atoms with E-state index in [4.69, 9.17) is 16.7 Å². The molecule has 4 nitrogen and oxygen atoms in total. The SMILES string of the molecule is O=C(CSCc1ccc(Cl)cc1)NC1CC(C(=O)O)C1. The van der Waals surface area contributed by atoms with Crippen LogP contribution in [0.25, 0.3) is 0 Å². The highest BCUT2D eigenvalue weighted by Crippen LogP contribution is 2.27. The summed E-state index contributed by atoms with van der Waals surface area (Å²) in [7, 11) is 0. The van der Waals surface area contributed by atoms with E-state index in [2.05, 4.69) is 5.32 Å². The molecule has 0 heterocycles. The van der Waals surface area contributed by atoms with Crippen LogP contribution in [-0.2, 0) is 15.3 Å². The molecule has 1 aromatic rings. The minimum absolute atomic E-state index is 0.0275. The molecule has 0 atom stereocenters. The van der Waals surface area contributed by atoms with Gasteiger partial charge in [0.1, 0.15) is 0 Å². The lowest BCUT2D eigenvalue weighted by molar-refractivity contribution is -0.146. The second-order valence-corrected chi connectivity index (χ2v) is 6.31. The molecule has 1 fully saturated rings. The zero-order valence-electron chi connectivity index (χ0n) is 10.8. The predicted octanol–water partition coefficient (Wildman–Crippen LogP) is 2.55. The molecule has 1 amide bonds. The van der Waals surface area contributed by atoms with Crippen molar-refractivity contribution >= 4 is 35.2 Å². The van der Waals surface area contributed by atoms with E-state index < -0.39 is 5.97 Å². The average Bonchev–Trinajstić information content (AvgIpc) is 2.35. The van der Waals surface area contributed by atoms with Crippen molar-refractivity contribution in [2.24, 2.45) is 5.92 Å². The Kier molecular flexibility index (Phi) is 5.31. The van der Waals surface area contributed by atoms with E-state index in [0.717, 1.165) is 11.3 Å². The van der Waals surface area contributed by atoms with Crippen LogP contribution in [0.3, 0.4) is 0 Å². The second kappa shape index (κ2) is 6.99. The Morgan fingerprint density at radius 3 is 2.55 bits per heavy atom. The normalized spacial score (nSPS) is 21.1. The third-order valence-electron chi connectivity index (χ3n) is 3.27. The van der Waals surface area contributed by atoms with Crippen LogP contribution in [0.4, 0.5) is 0 Å². The number of hydrogen-bond donors (Lipinski definition) is 2. The van der Waals surface area contributed by atoms with Gasteiger partial charge in [0.15, 0.2) is 0 Å². The monoisotopic (exact) mass is 313 g/mol. The van der Waals surface area contributed by atoms with E-state index in [-0.39, 0.29) is 17.9 Å². The first-order valence-electron chi connectivity index (χ1n) is 6.39. The number of carbonyl (C=O) groups excluding carboxylic acids is 1. The molecule has 0 aromatic heterocycles. The van der Waals surface area contributed by atoms with Gasteiger partial charge in [-0.3, -0.25) is 9.59 Å². The molecule has 1 aliphatic rings. The van der Waals surface area contributed by atoms with Crippen LogP contribution in [0.2, 0.25) is 5.02 Å². The Labute approximate surface area is 126 Å². The summed E-state index contributed by atoms with van der Waals surface area (Å²) < 4.78 is 0. The first-order chi connectivity index (χ1) is 9.54. The Hall–Kier alpha value is -1.20. The molecule has 1 aliphatic carbocycles. The summed E-state index contributed by atoms with van der Waals surface area (Å²) in [5.41, 5.74) is 1.13. The molecule has 1 saturated carbocycles. The summed E-state index contributed by atoms with van der Waals surface area (Å²) in [6, 6.07) is 7.57. The predicted molar refractivity (Wildman–Crippen MR) is 79.9 cm³/mol. The van der Waals surface area contributed by atoms with E-state index in [1.165, 1.54) is 11.8 Å². The summed E-state index contributed by atoms with van der Waals surface area (Å²) >= 11 is 7.33. The second-order valence-electron chi connectivity index (χ2n) is 4.89. The number of benzene rings is 1. The zero-order valence-corrected chi connectivity index (χ0v) is 12.4. The molecule has 0 saturated heterocycles. The van der Waals surface area contributed by atoms with Crippen molar-refractivity contribution in [2.45, 2.75) is 24.6 Å². The van der Waals surface area contributed by atoms with Crippen LogP contribution in [0.1, 0.15) is 18.4 Å². The van der Waals surface area contributed by atoms with Crippen molar-refractivity contribution < 1.29 is 14.7 Å². The summed E-state index contributed by atoms with van der Waals surface area (Å²) in [6.45, 7) is 0. The Balaban J connectivity index is 1.61. The lowest BCUT2D eigenvalue weighted by Gasteiger charge is -2.32. The summed E-state index contributed by atoms with van der Waals surface area (Å²) in [5, 5.41) is 12.3. The van der Waals surface area contributed by atoms with Crippen LogP contribution in [0.5, 0.6) is 0 Å². The molecule has 20 heavy (non-hydrogen) atoms. The fraction of sp³-hybridized carbons (Fsp3) is 0.429. The van der Waals surface area contributed by atoms with E-state index in [0.29, 0.717) is 23.6 Å². The average molecular weight is 314 g/mol. The maximum Gasteiger partial charge on any atom is 0.306 e. The van der Waals surface area contributed by atoms with Gasteiger partial charge < -0.3 is 10.4 Å². The van der Waals surface area contributed by atoms with Gasteiger partial charge in [-0.2, -0.15) is 0 Å². The van der Waals surface area contributed by atoms with Gasteiger partial charge in [0, 0.05) is 16.8 Å². The highest BCUT2D eigenvalue weighted by molar-refractivity contribution is 7.99. The number of carboxylic acids is 1. The molecule has 0 bridgehead atoms. The van der Waals surface area contributed by atoms with Crippen molar-refractivity contribution in [3.05, 3.63) is 34.9 Å². The largest absolute Gasteiger partial charge is 0.481 e. The Morgan fingerprint density at radius 1 is 1.30 bits per heavy atom. The lowest BCUT2D eigenvalue weighted by Crippen LogP contribution is -2.47. The molecular formula is C14H16ClNO3S. The summed E-state index contributed by atoms with van der Waals surface area (Å²) in [6.07, 6.45) is 1.09. The van der Waals surface area contributed by atoms with Gasteiger partial charge in [0.25, 0.3) is 0 Å². The van der Waals surface area contributed by atoms with Crippen LogP contribution in [0, 0.1) is 5.92 Å². The highest BCUT2D eigenvalue weighted by atomic mass is 35.5. The highest BCUT2D eigenvalue weighted by Gasteiger charge is 2.35. The van der Waals surface area contributed by atoms with Gasteiger partial charge in [-0.1, -0.05) is 23.7 Å². The minimum Gasteiger partial charge on any atom is -0.481 e. The fourth-order valence-electron chi connectivity index (χ4n) is 2.05. The van der Waals surface area contributed by atoms with E-state index in [1.54, 1.807) is 0 Å². The number of nitrogens with one attached hydrogen (secondary N) is 1. The van der Waals surface area contributed by atoms with E-state index in [9.17, 15) is 9.59 Å². The first kappa shape index (κ1) is 15.2. The van der Waals surface area contributed by atoms with Crippen LogP contribution < -0.4 is 5.32 Å². The molecular weight excluding hydrogens is 298 g/mol. The van der Waals surface area contributed by atoms with Crippen molar-refractivity contribution in [1.82, 2.24) is 5.32 Å². The van der Waals surface area contributed by atoms with Gasteiger partial charge in [0.2, 0.25) is 5.91 Å². The molecule has 0 radical (unpaired) electrons. The maximum absolute atomic E-state index is 11.7. The number of aliphatic carboxylic acids is 1. The van der Waals surface area contributed by atoms with Gasteiger partial charge in [-0.25, -0.2) is 0 Å². The number of rotatable bonds is 6. The number of halogens is 1. The number of carbonyl (C=O) groups is 2. The Morgan fingerprint density at radius 2 is 1.95 bits per heavy atom. The van der Waals surface area contributed by atoms with E-state index >= 15 is 0 Å². The van der Waals surface area contributed by atoms with Crippen molar-refractivity contribution in [1.29, 1.82) is 0 Å². The van der Waals surface area contributed by atoms with E-state index in [1.807, 2.05) is 24.3 Å². The standard InChI is InChI=1S/C14H16ClNO3S/c15-11-3-1-9(2-4-11)7-20-8-13(17)16-12-5-10(6-12)14(18)19/h1-4,10,12H,5-8H2,(H,16,17)(H,18,19). The van der Waals surface area contributed by atoms with Gasteiger partial charge in [0.05, 0.1) is 11.7 Å². The molecule has 1 aromatic carbocycles. The van der Waals surface area contributed by atoms with Crippen LogP contribution in [0.15, 0.2) is 24.3 Å². The topological polar surface area (TPSA) is 66.4 Å². The quantitative estimate of drug-likeness (QED) is 0.847. The third kappa shape index (κ3) is 4.42. The number of hydrogen-bond acceptors (Lipinski definition) is 3. The molecule has 2 rings (SSSR count). The molecule has 0 aliphatic heterocycles. The zero-order chi connectivity index (χ0) is 14.5.